The van der Waals surface area contributed by atoms with Gasteiger partial charge in [-0.1, -0.05) is 59.7 Å². The molecule has 13 heteroatoms. The molecule has 0 aliphatic carbocycles. The predicted molar refractivity (Wildman–Crippen MR) is 153 cm³/mol. The first kappa shape index (κ1) is 32.5. The molecule has 6 rings (SSSR count). The summed E-state index contributed by atoms with van der Waals surface area (Å²) in [4.78, 5) is 23.2. The minimum Gasteiger partial charge on any atom is -0.544 e. The van der Waals surface area contributed by atoms with Gasteiger partial charge in [0.1, 0.15) is 23.4 Å². The maximum atomic E-state index is 11.6. The topological polar surface area (TPSA) is 188 Å². The molecule has 12 nitrogen and oxygen atoms in total. The van der Waals surface area contributed by atoms with Crippen LogP contribution in [0, 0.1) is 13.8 Å². The van der Waals surface area contributed by atoms with E-state index in [9.17, 15) is 30.0 Å². The Labute approximate surface area is 270 Å². The third-order valence-electron chi connectivity index (χ3n) is 6.87. The second kappa shape index (κ2) is 13.1. The number of aliphatic carboxylic acids is 2. The fourth-order valence-corrected chi connectivity index (χ4v) is 4.45. The van der Waals surface area contributed by atoms with Crippen molar-refractivity contribution in [2.24, 2.45) is 10.2 Å². The van der Waals surface area contributed by atoms with Gasteiger partial charge in [-0.25, -0.2) is 0 Å². The number of nitrogens with zero attached hydrogens (tertiary/aromatic N) is 2. The number of phenolic OH excluding ortho intramolecular Hbond substituents is 2. The fraction of sp³-hybridized carbons (Fsp3) is 0.125. The summed E-state index contributed by atoms with van der Waals surface area (Å²) in [5.41, 5.74) is 4.18. The largest absolute Gasteiger partial charge is 2.00 e. The summed E-state index contributed by atoms with van der Waals surface area (Å²) in [7, 11) is 0. The zero-order valence-electron chi connectivity index (χ0n) is 24.2. The van der Waals surface area contributed by atoms with E-state index in [2.05, 4.69) is 21.1 Å². The van der Waals surface area contributed by atoms with Crippen LogP contribution in [0.15, 0.2) is 107 Å². The van der Waals surface area contributed by atoms with E-state index >= 15 is 0 Å². The summed E-state index contributed by atoms with van der Waals surface area (Å²) in [6.45, 7) is 3.87. The molecule has 2 aliphatic rings. The van der Waals surface area contributed by atoms with E-state index in [4.69, 9.17) is 9.47 Å². The Morgan fingerprint density at radius 3 is 1.27 bits per heavy atom. The van der Waals surface area contributed by atoms with Crippen LogP contribution in [0.5, 0.6) is 11.5 Å². The van der Waals surface area contributed by atoms with Gasteiger partial charge in [0, 0.05) is 11.1 Å². The number of benzene rings is 4. The van der Waals surface area contributed by atoms with Gasteiger partial charge in [0.05, 0.1) is 11.1 Å². The van der Waals surface area contributed by atoms with Gasteiger partial charge < -0.3 is 39.5 Å². The van der Waals surface area contributed by atoms with Crippen molar-refractivity contribution in [1.29, 1.82) is 0 Å². The van der Waals surface area contributed by atoms with Gasteiger partial charge in [-0.3, -0.25) is 10.9 Å². The third-order valence-corrected chi connectivity index (χ3v) is 6.87. The average Bonchev–Trinajstić information content (AvgIpc) is 3.66. The number of hydrogen-bond donors (Lipinski definition) is 4. The first-order chi connectivity index (χ1) is 21.1. The number of carboxylic acids is 2. The Morgan fingerprint density at radius 1 is 0.622 bits per heavy atom. The van der Waals surface area contributed by atoms with Crippen molar-refractivity contribution in [3.05, 3.63) is 130 Å². The summed E-state index contributed by atoms with van der Waals surface area (Å²) in [5, 5.41) is 51.0. The van der Waals surface area contributed by atoms with Crippen LogP contribution in [0.1, 0.15) is 33.4 Å². The number of rotatable bonds is 6. The summed E-state index contributed by atoms with van der Waals surface area (Å²) in [6, 6.07) is 26.5. The van der Waals surface area contributed by atoms with E-state index in [-0.39, 0.29) is 53.9 Å². The van der Waals surface area contributed by atoms with Gasteiger partial charge in [0.15, 0.2) is 0 Å². The molecule has 0 radical (unpaired) electrons. The summed E-state index contributed by atoms with van der Waals surface area (Å²) in [6.07, 6.45) is 0. The Hall–Kier alpha value is -5.42. The smallest absolute Gasteiger partial charge is 0.544 e. The Bertz CT molecular complexity index is 1650. The number of aromatic hydroxyl groups is 2. The number of hydrogen-bond acceptors (Lipinski definition) is 12. The molecule has 2 unspecified atom stereocenters. The van der Waals surface area contributed by atoms with Gasteiger partial charge in [0.2, 0.25) is 11.8 Å². The standard InChI is InChI=1S/2C16H14N2O4.Zn/c2*1-10-6-8-11(9-7-10)14-17-18-16(22-14,15(20)21)12-4-2-3-5-13(12)19;/h2*2-9,18-19H,1H3,(H,20,21);/q;;+2/p-2. The molecule has 0 spiro atoms. The second-order valence-electron chi connectivity index (χ2n) is 9.97. The van der Waals surface area contributed by atoms with Crippen molar-refractivity contribution in [2.45, 2.75) is 25.3 Å². The zero-order chi connectivity index (χ0) is 31.5. The molecule has 224 valence electrons. The molecule has 0 amide bonds. The van der Waals surface area contributed by atoms with Crippen LogP contribution in [0.25, 0.3) is 0 Å². The monoisotopic (exact) mass is 658 g/mol. The van der Waals surface area contributed by atoms with Crippen LogP contribution < -0.4 is 21.1 Å². The van der Waals surface area contributed by atoms with Gasteiger partial charge >= 0.3 is 19.5 Å². The van der Waals surface area contributed by atoms with Gasteiger partial charge in [0.25, 0.3) is 11.4 Å². The van der Waals surface area contributed by atoms with Crippen LogP contribution in [0.2, 0.25) is 0 Å². The number of carboxylic acid groups (broad SMARTS) is 2. The molecule has 2 aliphatic heterocycles. The van der Waals surface area contributed by atoms with E-state index in [1.807, 2.05) is 38.1 Å². The molecule has 2 atom stereocenters. The van der Waals surface area contributed by atoms with Crippen molar-refractivity contribution >= 4 is 23.7 Å². The van der Waals surface area contributed by atoms with Crippen molar-refractivity contribution in [3.8, 4) is 11.5 Å². The van der Waals surface area contributed by atoms with E-state index in [1.165, 1.54) is 24.3 Å². The molecule has 0 fully saturated rings. The van der Waals surface area contributed by atoms with Crippen LogP contribution in [0.4, 0.5) is 0 Å². The molecule has 4 aromatic rings. The zero-order valence-corrected chi connectivity index (χ0v) is 27.2. The Morgan fingerprint density at radius 2 is 0.956 bits per heavy atom. The molecule has 0 saturated heterocycles. The van der Waals surface area contributed by atoms with Crippen molar-refractivity contribution in [3.63, 3.8) is 0 Å². The van der Waals surface area contributed by atoms with Crippen molar-refractivity contribution in [1.82, 2.24) is 10.9 Å². The molecular formula is C32H26N4O8Zn. The van der Waals surface area contributed by atoms with Crippen LogP contribution in [-0.2, 0) is 50.0 Å². The molecule has 0 saturated carbocycles. The van der Waals surface area contributed by atoms with E-state index in [1.54, 1.807) is 48.5 Å². The molecule has 4 N–H and O–H groups in total. The van der Waals surface area contributed by atoms with Gasteiger partial charge in [-0.15, -0.1) is 10.2 Å². The SMILES string of the molecule is Cc1ccc(C2=NNC(C(=O)[O-])(c3ccccc3O)O2)cc1.Cc1ccc(C2=NNC(C(=O)[O-])(c3ccccc3O)O2)cc1.[Zn+2]. The first-order valence-electron chi connectivity index (χ1n) is 13.3. The third kappa shape index (κ3) is 6.29. The molecule has 2 heterocycles. The van der Waals surface area contributed by atoms with Crippen LogP contribution in [-0.4, -0.2) is 33.9 Å². The summed E-state index contributed by atoms with van der Waals surface area (Å²) < 4.78 is 11.0. The number of hydrazone groups is 2. The van der Waals surface area contributed by atoms with E-state index < -0.39 is 23.4 Å². The number of para-hydroxylation sites is 2. The average molecular weight is 660 g/mol. The normalized spacial score (nSPS) is 19.5. The quantitative estimate of drug-likeness (QED) is 0.219. The predicted octanol–water partition coefficient (Wildman–Crippen LogP) is 1.17. The van der Waals surface area contributed by atoms with Crippen molar-refractivity contribution in [2.75, 3.05) is 0 Å². The van der Waals surface area contributed by atoms with E-state index in [0.29, 0.717) is 11.1 Å². The number of carbonyl (C=O) groups excluding carboxylic acids is 2. The fourth-order valence-electron chi connectivity index (χ4n) is 4.45. The number of nitrogens with one attached hydrogen (secondary N) is 2. The molecule has 4 aromatic carbocycles. The second-order valence-corrected chi connectivity index (χ2v) is 9.97. The molecule has 0 aromatic heterocycles. The number of aryl methyl sites for hydroxylation is 2. The maximum absolute atomic E-state index is 11.6. The van der Waals surface area contributed by atoms with Gasteiger partial charge in [-0.2, -0.15) is 0 Å². The minimum atomic E-state index is -2.05. The Kier molecular flexibility index (Phi) is 9.44. The van der Waals surface area contributed by atoms with E-state index in [0.717, 1.165) is 11.1 Å². The molecule has 45 heavy (non-hydrogen) atoms. The van der Waals surface area contributed by atoms with Crippen LogP contribution >= 0.6 is 0 Å². The number of carbonyl (C=O) groups is 2. The maximum Gasteiger partial charge on any atom is 2.00 e. The Balaban J connectivity index is 0.000000200. The van der Waals surface area contributed by atoms with Crippen LogP contribution in [0.3, 0.4) is 0 Å². The number of ether oxygens (including phenoxy) is 2. The van der Waals surface area contributed by atoms with Crippen molar-refractivity contribution < 1.29 is 59.0 Å². The summed E-state index contributed by atoms with van der Waals surface area (Å²) >= 11 is 0. The number of phenols is 2. The van der Waals surface area contributed by atoms with Gasteiger partial charge in [-0.05, 0) is 62.4 Å². The first-order valence-corrected chi connectivity index (χ1v) is 13.3. The minimum absolute atomic E-state index is 0. The molecular weight excluding hydrogens is 634 g/mol. The summed E-state index contributed by atoms with van der Waals surface area (Å²) in [5.74, 6) is -3.29. The molecule has 0 bridgehead atoms.